The molecule has 0 N–H and O–H groups in total. The summed E-state index contributed by atoms with van der Waals surface area (Å²) >= 11 is 0. The van der Waals surface area contributed by atoms with E-state index < -0.39 is 0 Å². The zero-order valence-corrected chi connectivity index (χ0v) is 29.9. The summed E-state index contributed by atoms with van der Waals surface area (Å²) in [5, 5.41) is 7.47. The average Bonchev–Trinajstić information content (AvgIpc) is 3.22. The van der Waals surface area contributed by atoms with Gasteiger partial charge in [-0.25, -0.2) is 0 Å². The van der Waals surface area contributed by atoms with Gasteiger partial charge in [0.05, 0.1) is 22.7 Å². The lowest BCUT2D eigenvalue weighted by Crippen LogP contribution is -2.31. The third-order valence-electron chi connectivity index (χ3n) is 11.2. The van der Waals surface area contributed by atoms with Gasteiger partial charge in [0.1, 0.15) is 0 Å². The molecular weight excluding hydrogens is 641 g/mol. The summed E-state index contributed by atoms with van der Waals surface area (Å²) in [4.78, 5) is 4.96. The first-order valence-electron chi connectivity index (χ1n) is 18.4. The molecule has 0 aliphatic carbocycles. The van der Waals surface area contributed by atoms with Crippen molar-refractivity contribution in [1.82, 2.24) is 0 Å². The molecule has 0 amide bonds. The van der Waals surface area contributed by atoms with Gasteiger partial charge in [0, 0.05) is 22.2 Å². The fraction of sp³-hybridized carbons (Fsp3) is 0.0588. The monoisotopic (exact) mass is 678 g/mol. The molecule has 0 atom stereocenters. The van der Waals surface area contributed by atoms with E-state index in [0.717, 1.165) is 22.7 Å². The Hall–Kier alpha value is -6.64. The van der Waals surface area contributed by atoms with Crippen molar-refractivity contribution in [2.45, 2.75) is 19.3 Å². The molecule has 0 radical (unpaired) electrons. The molecule has 0 fully saturated rings. The molecule has 9 aromatic carbocycles. The minimum absolute atomic E-state index is 0.226. The lowest BCUT2D eigenvalue weighted by Gasteiger charge is -2.44. The van der Waals surface area contributed by atoms with Crippen molar-refractivity contribution in [3.63, 3.8) is 0 Å². The first kappa shape index (κ1) is 31.1. The molecule has 10 rings (SSSR count). The second-order valence-electron chi connectivity index (χ2n) is 14.6. The molecule has 1 aliphatic rings. The quantitative estimate of drug-likeness (QED) is 0.167. The van der Waals surface area contributed by atoms with Gasteiger partial charge in [-0.3, -0.25) is 0 Å². The van der Waals surface area contributed by atoms with Crippen molar-refractivity contribution in [2.24, 2.45) is 0 Å². The topological polar surface area (TPSA) is 6.48 Å². The van der Waals surface area contributed by atoms with Crippen LogP contribution >= 0.6 is 0 Å². The van der Waals surface area contributed by atoms with Gasteiger partial charge in [-0.05, 0) is 97.7 Å². The summed E-state index contributed by atoms with van der Waals surface area (Å²) in [7, 11) is 0. The summed E-state index contributed by atoms with van der Waals surface area (Å²) in [6, 6.07) is 71.0. The fourth-order valence-corrected chi connectivity index (χ4v) is 8.66. The number of hydrogen-bond acceptors (Lipinski definition) is 2. The average molecular weight is 679 g/mol. The van der Waals surface area contributed by atoms with Crippen molar-refractivity contribution in [3.8, 4) is 11.1 Å². The Kier molecular flexibility index (Phi) is 7.19. The van der Waals surface area contributed by atoms with E-state index in [0.29, 0.717) is 0 Å². The smallest absolute Gasteiger partial charge is 0.0781 e. The first-order chi connectivity index (χ1) is 26.1. The molecule has 1 heterocycles. The maximum Gasteiger partial charge on any atom is 0.0781 e. The van der Waals surface area contributed by atoms with E-state index in [1.54, 1.807) is 0 Å². The predicted octanol–water partition coefficient (Wildman–Crippen LogP) is 14.4. The van der Waals surface area contributed by atoms with Gasteiger partial charge in [0.25, 0.3) is 0 Å². The summed E-state index contributed by atoms with van der Waals surface area (Å²) in [5.74, 6) is 0. The predicted molar refractivity (Wildman–Crippen MR) is 226 cm³/mol. The van der Waals surface area contributed by atoms with Crippen LogP contribution in [0.2, 0.25) is 0 Å². The molecule has 53 heavy (non-hydrogen) atoms. The van der Waals surface area contributed by atoms with E-state index in [2.05, 4.69) is 218 Å². The molecular formula is C51H38N2. The molecule has 252 valence electrons. The first-order valence-corrected chi connectivity index (χ1v) is 18.4. The molecule has 0 unspecified atom stereocenters. The van der Waals surface area contributed by atoms with Crippen LogP contribution in [0.5, 0.6) is 0 Å². The molecule has 0 aromatic heterocycles. The standard InChI is InChI=1S/C51H38N2/c1-51(2)45-27-15-16-28-47(45)53(49-34-37(29-31-46(49)51)44-33-36-18-10-11-23-40(36)42-25-13-14-26-43(42)44)50-41-24-12-9-17-35(41)30-32-48(50)52(38-19-5-3-6-20-38)39-21-7-4-8-22-39/h3-34H,1-2H3. The second kappa shape index (κ2) is 12.3. The van der Waals surface area contributed by atoms with Crippen molar-refractivity contribution >= 4 is 66.4 Å². The molecule has 2 nitrogen and oxygen atoms in total. The molecule has 0 saturated carbocycles. The lowest BCUT2D eigenvalue weighted by molar-refractivity contribution is 0.632. The minimum atomic E-state index is -0.226. The Balaban J connectivity index is 1.31. The van der Waals surface area contributed by atoms with E-state index in [1.165, 1.54) is 65.9 Å². The second-order valence-corrected chi connectivity index (χ2v) is 14.6. The summed E-state index contributed by atoms with van der Waals surface area (Å²) in [5.41, 5.74) is 11.7. The van der Waals surface area contributed by atoms with Gasteiger partial charge in [0.2, 0.25) is 0 Å². The zero-order chi connectivity index (χ0) is 35.5. The number of para-hydroxylation sites is 3. The van der Waals surface area contributed by atoms with Gasteiger partial charge in [-0.2, -0.15) is 0 Å². The van der Waals surface area contributed by atoms with Crippen LogP contribution in [0.25, 0.3) is 43.4 Å². The maximum atomic E-state index is 2.55. The third kappa shape index (κ3) is 4.94. The minimum Gasteiger partial charge on any atom is -0.308 e. The Morgan fingerprint density at radius 1 is 0.415 bits per heavy atom. The molecule has 9 aromatic rings. The van der Waals surface area contributed by atoms with Gasteiger partial charge >= 0.3 is 0 Å². The number of fused-ring (bicyclic) bond motifs is 6. The summed E-state index contributed by atoms with van der Waals surface area (Å²) in [6.45, 7) is 4.74. The zero-order valence-electron chi connectivity index (χ0n) is 29.9. The van der Waals surface area contributed by atoms with Crippen molar-refractivity contribution in [3.05, 3.63) is 205 Å². The molecule has 0 saturated heterocycles. The summed E-state index contributed by atoms with van der Waals surface area (Å²) in [6.07, 6.45) is 0. The summed E-state index contributed by atoms with van der Waals surface area (Å²) < 4.78 is 0. The van der Waals surface area contributed by atoms with E-state index in [9.17, 15) is 0 Å². The molecule has 1 aliphatic heterocycles. The molecule has 0 bridgehead atoms. The van der Waals surface area contributed by atoms with E-state index in [4.69, 9.17) is 0 Å². The Bertz CT molecular complexity index is 2780. The number of benzene rings is 9. The van der Waals surface area contributed by atoms with Gasteiger partial charge in [0.15, 0.2) is 0 Å². The third-order valence-corrected chi connectivity index (χ3v) is 11.2. The van der Waals surface area contributed by atoms with Crippen molar-refractivity contribution < 1.29 is 0 Å². The molecule has 0 spiro atoms. The Morgan fingerprint density at radius 2 is 0.981 bits per heavy atom. The largest absolute Gasteiger partial charge is 0.308 e. The Labute approximate surface area is 310 Å². The van der Waals surface area contributed by atoms with E-state index in [1.807, 2.05) is 0 Å². The van der Waals surface area contributed by atoms with Crippen LogP contribution in [0.3, 0.4) is 0 Å². The SMILES string of the molecule is CC1(C)c2ccccc2N(c2c(N(c3ccccc3)c3ccccc3)ccc3ccccc23)c2cc(-c3cc4ccccc4c4ccccc34)ccc21. The van der Waals surface area contributed by atoms with E-state index in [-0.39, 0.29) is 5.41 Å². The lowest BCUT2D eigenvalue weighted by atomic mass is 9.73. The van der Waals surface area contributed by atoms with Crippen LogP contribution in [-0.4, -0.2) is 0 Å². The highest BCUT2D eigenvalue weighted by Gasteiger charge is 2.38. The van der Waals surface area contributed by atoms with Crippen LogP contribution < -0.4 is 9.80 Å². The number of anilines is 6. The Morgan fingerprint density at radius 3 is 1.72 bits per heavy atom. The van der Waals surface area contributed by atoms with Crippen LogP contribution in [0.1, 0.15) is 25.0 Å². The number of rotatable bonds is 5. The molecule has 2 heteroatoms. The van der Waals surface area contributed by atoms with Gasteiger partial charge < -0.3 is 9.80 Å². The van der Waals surface area contributed by atoms with Crippen molar-refractivity contribution in [1.29, 1.82) is 0 Å². The number of nitrogens with zero attached hydrogens (tertiary/aromatic N) is 2. The fourth-order valence-electron chi connectivity index (χ4n) is 8.66. The van der Waals surface area contributed by atoms with E-state index >= 15 is 0 Å². The maximum absolute atomic E-state index is 2.55. The van der Waals surface area contributed by atoms with Gasteiger partial charge in [-0.15, -0.1) is 0 Å². The highest BCUT2D eigenvalue weighted by atomic mass is 15.2. The van der Waals surface area contributed by atoms with Crippen LogP contribution in [0.4, 0.5) is 34.1 Å². The van der Waals surface area contributed by atoms with Gasteiger partial charge in [-0.1, -0.05) is 159 Å². The van der Waals surface area contributed by atoms with Crippen LogP contribution in [0.15, 0.2) is 194 Å². The number of hydrogen-bond donors (Lipinski definition) is 0. The van der Waals surface area contributed by atoms with Crippen LogP contribution in [-0.2, 0) is 5.41 Å². The highest BCUT2D eigenvalue weighted by molar-refractivity contribution is 6.14. The van der Waals surface area contributed by atoms with Crippen molar-refractivity contribution in [2.75, 3.05) is 9.80 Å². The van der Waals surface area contributed by atoms with Crippen LogP contribution in [0, 0.1) is 0 Å². The normalized spacial score (nSPS) is 13.2. The highest BCUT2D eigenvalue weighted by Crippen LogP contribution is 2.57.